The molecule has 0 fully saturated rings. The highest BCUT2D eigenvalue weighted by Gasteiger charge is 2.19. The zero-order valence-corrected chi connectivity index (χ0v) is 15.3. The summed E-state index contributed by atoms with van der Waals surface area (Å²) >= 11 is 7.33. The summed E-state index contributed by atoms with van der Waals surface area (Å²) in [5.41, 5.74) is 2.29. The number of nitrogens with zero attached hydrogens (tertiary/aromatic N) is 5. The molecule has 128 valence electrons. The highest BCUT2D eigenvalue weighted by molar-refractivity contribution is 7.98. The normalized spacial score (nSPS) is 10.7. The minimum absolute atomic E-state index is 0.136. The molecule has 25 heavy (non-hydrogen) atoms. The molecule has 0 aliphatic rings. The van der Waals surface area contributed by atoms with Crippen LogP contribution in [-0.4, -0.2) is 32.5 Å². The first-order valence-corrected chi connectivity index (χ1v) is 8.85. The summed E-state index contributed by atoms with van der Waals surface area (Å²) < 4.78 is 1.79. The van der Waals surface area contributed by atoms with Crippen molar-refractivity contribution >= 4 is 35.0 Å². The van der Waals surface area contributed by atoms with Crippen molar-refractivity contribution in [2.24, 2.45) is 7.05 Å². The molecule has 0 saturated carbocycles. The molecule has 0 saturated heterocycles. The quantitative estimate of drug-likeness (QED) is 0.506. The molecule has 0 spiro atoms. The van der Waals surface area contributed by atoms with Gasteiger partial charge >= 0.3 is 0 Å². The van der Waals surface area contributed by atoms with Crippen LogP contribution >= 0.6 is 23.4 Å². The number of halogens is 1. The SMILES string of the molecule is CN(C(=O)c1cnc(SCc2ccc(Cl)nc2)n1C)c1cccnc1. The monoisotopic (exact) mass is 373 g/mol. The van der Waals surface area contributed by atoms with Crippen molar-refractivity contribution in [1.29, 1.82) is 0 Å². The molecule has 3 aromatic heterocycles. The molecule has 0 atom stereocenters. The van der Waals surface area contributed by atoms with Gasteiger partial charge in [-0.2, -0.15) is 0 Å². The fourth-order valence-electron chi connectivity index (χ4n) is 2.21. The number of rotatable bonds is 5. The Morgan fingerprint density at radius 1 is 1.24 bits per heavy atom. The third kappa shape index (κ3) is 4.00. The third-order valence-electron chi connectivity index (χ3n) is 3.66. The van der Waals surface area contributed by atoms with E-state index in [1.54, 1.807) is 53.4 Å². The van der Waals surface area contributed by atoms with Gasteiger partial charge < -0.3 is 9.47 Å². The molecule has 0 aromatic carbocycles. The average Bonchev–Trinajstić information content (AvgIpc) is 3.01. The molecule has 0 aliphatic heterocycles. The number of amides is 1. The summed E-state index contributed by atoms with van der Waals surface area (Å²) in [6.45, 7) is 0. The molecule has 3 rings (SSSR count). The van der Waals surface area contributed by atoms with Crippen LogP contribution in [0.4, 0.5) is 5.69 Å². The summed E-state index contributed by atoms with van der Waals surface area (Å²) in [6.07, 6.45) is 6.65. The van der Waals surface area contributed by atoms with E-state index in [1.807, 2.05) is 19.2 Å². The van der Waals surface area contributed by atoms with Gasteiger partial charge in [-0.1, -0.05) is 29.4 Å². The van der Waals surface area contributed by atoms with Crippen LogP contribution in [0.3, 0.4) is 0 Å². The number of pyridine rings is 2. The molecule has 3 heterocycles. The van der Waals surface area contributed by atoms with Crippen molar-refractivity contribution in [3.63, 3.8) is 0 Å². The summed E-state index contributed by atoms with van der Waals surface area (Å²) in [6, 6.07) is 7.31. The second-order valence-corrected chi connectivity index (χ2v) is 6.67. The van der Waals surface area contributed by atoms with Crippen LogP contribution < -0.4 is 4.90 Å². The predicted molar refractivity (Wildman–Crippen MR) is 99.0 cm³/mol. The summed E-state index contributed by atoms with van der Waals surface area (Å²) in [7, 11) is 3.55. The number of thioether (sulfide) groups is 1. The number of carbonyl (C=O) groups is 1. The van der Waals surface area contributed by atoms with Crippen molar-refractivity contribution < 1.29 is 4.79 Å². The second kappa shape index (κ2) is 7.67. The third-order valence-corrected chi connectivity index (χ3v) is 5.00. The lowest BCUT2D eigenvalue weighted by Crippen LogP contribution is -2.28. The van der Waals surface area contributed by atoms with E-state index in [0.29, 0.717) is 16.6 Å². The molecule has 0 aliphatic carbocycles. The molecular weight excluding hydrogens is 358 g/mol. The van der Waals surface area contributed by atoms with Crippen LogP contribution in [0.1, 0.15) is 16.1 Å². The van der Waals surface area contributed by atoms with E-state index in [9.17, 15) is 4.79 Å². The average molecular weight is 374 g/mol. The highest BCUT2D eigenvalue weighted by Crippen LogP contribution is 2.23. The number of imidazole rings is 1. The Morgan fingerprint density at radius 2 is 2.08 bits per heavy atom. The maximum atomic E-state index is 12.7. The number of hydrogen-bond donors (Lipinski definition) is 0. The molecular formula is C17H16ClN5OS. The maximum absolute atomic E-state index is 12.7. The summed E-state index contributed by atoms with van der Waals surface area (Å²) in [5, 5.41) is 1.23. The predicted octanol–water partition coefficient (Wildman–Crippen LogP) is 3.43. The van der Waals surface area contributed by atoms with Gasteiger partial charge in [-0.15, -0.1) is 0 Å². The van der Waals surface area contributed by atoms with Gasteiger partial charge in [0.25, 0.3) is 5.91 Å². The smallest absolute Gasteiger partial charge is 0.276 e. The van der Waals surface area contributed by atoms with Crippen LogP contribution in [-0.2, 0) is 12.8 Å². The van der Waals surface area contributed by atoms with Gasteiger partial charge in [0.2, 0.25) is 0 Å². The Kier molecular flexibility index (Phi) is 5.35. The number of anilines is 1. The number of carbonyl (C=O) groups excluding carboxylic acids is 1. The first-order valence-electron chi connectivity index (χ1n) is 7.49. The topological polar surface area (TPSA) is 63.9 Å². The largest absolute Gasteiger partial charge is 0.318 e. The van der Waals surface area contributed by atoms with E-state index in [0.717, 1.165) is 16.4 Å². The number of aromatic nitrogens is 4. The van der Waals surface area contributed by atoms with E-state index in [2.05, 4.69) is 15.0 Å². The lowest BCUT2D eigenvalue weighted by atomic mass is 10.3. The lowest BCUT2D eigenvalue weighted by Gasteiger charge is -2.17. The Bertz CT molecular complexity index is 867. The fourth-order valence-corrected chi connectivity index (χ4v) is 3.20. The van der Waals surface area contributed by atoms with Crippen LogP contribution in [0.15, 0.2) is 54.2 Å². The second-order valence-electron chi connectivity index (χ2n) is 5.34. The van der Waals surface area contributed by atoms with Crippen molar-refractivity contribution in [3.8, 4) is 0 Å². The van der Waals surface area contributed by atoms with E-state index in [1.165, 1.54) is 11.8 Å². The number of hydrogen-bond acceptors (Lipinski definition) is 5. The minimum Gasteiger partial charge on any atom is -0.318 e. The van der Waals surface area contributed by atoms with Crippen LogP contribution in [0.25, 0.3) is 0 Å². The zero-order valence-electron chi connectivity index (χ0n) is 13.8. The van der Waals surface area contributed by atoms with E-state index < -0.39 is 0 Å². The van der Waals surface area contributed by atoms with Gasteiger partial charge in [-0.3, -0.25) is 9.78 Å². The van der Waals surface area contributed by atoms with Crippen LogP contribution in [0.5, 0.6) is 0 Å². The van der Waals surface area contributed by atoms with Crippen molar-refractivity contribution in [3.05, 3.63) is 65.5 Å². The molecule has 1 amide bonds. The Balaban J connectivity index is 1.72. The van der Waals surface area contributed by atoms with Crippen LogP contribution in [0.2, 0.25) is 5.15 Å². The van der Waals surface area contributed by atoms with Gasteiger partial charge in [0.1, 0.15) is 10.8 Å². The van der Waals surface area contributed by atoms with Gasteiger partial charge in [-0.05, 0) is 23.8 Å². The van der Waals surface area contributed by atoms with Crippen molar-refractivity contribution in [1.82, 2.24) is 19.5 Å². The molecule has 8 heteroatoms. The zero-order chi connectivity index (χ0) is 17.8. The molecule has 0 unspecified atom stereocenters. The Hall–Kier alpha value is -2.38. The minimum atomic E-state index is -0.136. The molecule has 3 aromatic rings. The van der Waals surface area contributed by atoms with Gasteiger partial charge in [0, 0.05) is 32.2 Å². The fraction of sp³-hybridized carbons (Fsp3) is 0.176. The van der Waals surface area contributed by atoms with E-state index >= 15 is 0 Å². The lowest BCUT2D eigenvalue weighted by molar-refractivity contribution is 0.0984. The first kappa shape index (κ1) is 17.4. The van der Waals surface area contributed by atoms with Gasteiger partial charge in [-0.25, -0.2) is 9.97 Å². The van der Waals surface area contributed by atoms with E-state index in [4.69, 9.17) is 11.6 Å². The van der Waals surface area contributed by atoms with Gasteiger partial charge in [0.05, 0.1) is 18.1 Å². The van der Waals surface area contributed by atoms with Gasteiger partial charge in [0.15, 0.2) is 5.16 Å². The van der Waals surface area contributed by atoms with Crippen LogP contribution in [0, 0.1) is 0 Å². The van der Waals surface area contributed by atoms with Crippen molar-refractivity contribution in [2.75, 3.05) is 11.9 Å². The molecule has 0 N–H and O–H groups in total. The first-order chi connectivity index (χ1) is 12.1. The highest BCUT2D eigenvalue weighted by atomic mass is 35.5. The maximum Gasteiger partial charge on any atom is 0.276 e. The molecule has 0 bridgehead atoms. The molecule has 0 radical (unpaired) electrons. The Morgan fingerprint density at radius 3 is 2.76 bits per heavy atom. The van der Waals surface area contributed by atoms with E-state index in [-0.39, 0.29) is 5.91 Å². The summed E-state index contributed by atoms with van der Waals surface area (Å²) in [5.74, 6) is 0.559. The summed E-state index contributed by atoms with van der Waals surface area (Å²) in [4.78, 5) is 26.7. The standard InChI is InChI=1S/C17H16ClN5OS/c1-22(13-4-3-7-19-9-13)16(24)14-10-21-17(23(14)2)25-11-12-5-6-15(18)20-8-12/h3-10H,11H2,1-2H3. The van der Waals surface area contributed by atoms with Crippen molar-refractivity contribution in [2.45, 2.75) is 10.9 Å². The Labute approximate surface area is 154 Å². The molecule has 6 nitrogen and oxygen atoms in total.